The number of carbonyl (C=O) groups excluding carboxylic acids is 3. The Hall–Kier alpha value is -2.87. The summed E-state index contributed by atoms with van der Waals surface area (Å²) >= 11 is 0. The highest BCUT2D eigenvalue weighted by Crippen LogP contribution is 2.42. The van der Waals surface area contributed by atoms with Gasteiger partial charge in [-0.3, -0.25) is 14.5 Å². The van der Waals surface area contributed by atoms with Crippen LogP contribution in [0.5, 0.6) is 0 Å². The minimum Gasteiger partial charge on any atom is -0.392 e. The number of alkyl halides is 2. The van der Waals surface area contributed by atoms with Crippen molar-refractivity contribution in [1.82, 2.24) is 10.2 Å². The summed E-state index contributed by atoms with van der Waals surface area (Å²) in [5, 5.41) is 12.0. The molecule has 1 unspecified atom stereocenters. The Balaban J connectivity index is 1.48. The van der Waals surface area contributed by atoms with Crippen LogP contribution in [0.15, 0.2) is 41.5 Å². The molecule has 1 saturated carbocycles. The van der Waals surface area contributed by atoms with E-state index in [1.807, 2.05) is 38.1 Å². The number of benzene rings is 1. The number of halogens is 2. The van der Waals surface area contributed by atoms with Crippen LogP contribution in [0.1, 0.15) is 50.7 Å². The van der Waals surface area contributed by atoms with E-state index in [2.05, 4.69) is 5.32 Å². The number of rotatable bonds is 5. The molecule has 2 fully saturated rings. The van der Waals surface area contributed by atoms with Gasteiger partial charge in [-0.25, -0.2) is 13.6 Å². The molecular weight excluding hydrogens is 418 g/mol. The average molecular weight is 444 g/mol. The first-order chi connectivity index (χ1) is 15.1. The largest absolute Gasteiger partial charge is 0.392 e. The molecule has 4 rings (SSSR count). The zero-order valence-electron chi connectivity index (χ0n) is 18.1. The van der Waals surface area contributed by atoms with Crippen molar-refractivity contribution >= 4 is 23.3 Å². The SMILES string of the molecule is CC1=C(c2cccc(CO)c2)C(C)C(C(=O)CN2C(=O)NC3(CCC(F)(F)CC3)C2=O)=C1. The molecule has 1 atom stereocenters. The van der Waals surface area contributed by atoms with Crippen molar-refractivity contribution in [2.24, 2.45) is 5.92 Å². The molecule has 1 heterocycles. The lowest BCUT2D eigenvalue weighted by Crippen LogP contribution is -2.51. The molecule has 170 valence electrons. The molecule has 1 aliphatic heterocycles. The summed E-state index contributed by atoms with van der Waals surface area (Å²) in [6.45, 7) is 3.27. The number of hydrogen-bond acceptors (Lipinski definition) is 4. The summed E-state index contributed by atoms with van der Waals surface area (Å²) in [7, 11) is 0. The van der Waals surface area contributed by atoms with Gasteiger partial charge in [0, 0.05) is 24.3 Å². The van der Waals surface area contributed by atoms with E-state index in [4.69, 9.17) is 0 Å². The molecule has 3 aliphatic rings. The van der Waals surface area contributed by atoms with Gasteiger partial charge < -0.3 is 10.4 Å². The van der Waals surface area contributed by atoms with Crippen molar-refractivity contribution in [2.75, 3.05) is 6.54 Å². The maximum Gasteiger partial charge on any atom is 0.325 e. The third kappa shape index (κ3) is 3.77. The Bertz CT molecular complexity index is 1050. The predicted molar refractivity (Wildman–Crippen MR) is 114 cm³/mol. The lowest BCUT2D eigenvalue weighted by Gasteiger charge is -2.34. The standard InChI is InChI=1S/C24H26F2N2O4/c1-14-10-18(15(2)20(14)17-5-3-4-16(11-17)13-29)19(30)12-28-21(31)23(27-22(28)32)6-8-24(25,26)9-7-23/h3-5,10-11,15,29H,6-9,12-13H2,1-2H3,(H,27,32). The molecule has 1 spiro atoms. The molecular formula is C24H26F2N2O4. The highest BCUT2D eigenvalue weighted by Gasteiger charge is 2.56. The lowest BCUT2D eigenvalue weighted by atomic mass is 9.80. The van der Waals surface area contributed by atoms with Crippen molar-refractivity contribution in [1.29, 1.82) is 0 Å². The molecule has 2 aliphatic carbocycles. The van der Waals surface area contributed by atoms with Gasteiger partial charge in [-0.05, 0) is 48.1 Å². The van der Waals surface area contributed by atoms with Crippen LogP contribution in [0.25, 0.3) is 5.57 Å². The second kappa shape index (κ2) is 7.92. The van der Waals surface area contributed by atoms with Crippen LogP contribution >= 0.6 is 0 Å². The van der Waals surface area contributed by atoms with Crippen LogP contribution in [0.4, 0.5) is 13.6 Å². The van der Waals surface area contributed by atoms with E-state index in [9.17, 15) is 28.3 Å². The fourth-order valence-electron chi connectivity index (χ4n) is 5.01. The smallest absolute Gasteiger partial charge is 0.325 e. The zero-order chi connectivity index (χ0) is 23.3. The molecule has 0 bridgehead atoms. The molecule has 1 aromatic rings. The molecule has 3 amide bonds. The van der Waals surface area contributed by atoms with Crippen LogP contribution < -0.4 is 5.32 Å². The van der Waals surface area contributed by atoms with E-state index in [1.54, 1.807) is 6.08 Å². The number of amides is 3. The van der Waals surface area contributed by atoms with E-state index >= 15 is 0 Å². The Labute approximate surface area is 185 Å². The number of nitrogens with zero attached hydrogens (tertiary/aromatic N) is 1. The number of imide groups is 1. The summed E-state index contributed by atoms with van der Waals surface area (Å²) in [5.41, 5.74) is 2.67. The van der Waals surface area contributed by atoms with Crippen molar-refractivity contribution in [2.45, 2.75) is 57.6 Å². The third-order valence-electron chi connectivity index (χ3n) is 6.82. The molecule has 2 N–H and O–H groups in total. The Morgan fingerprint density at radius 1 is 1.22 bits per heavy atom. The Morgan fingerprint density at radius 3 is 2.56 bits per heavy atom. The number of Topliss-reactive ketones (excluding diaryl/α,β-unsaturated/α-hetero) is 1. The topological polar surface area (TPSA) is 86.7 Å². The van der Waals surface area contributed by atoms with Crippen LogP contribution in [-0.4, -0.2) is 45.7 Å². The van der Waals surface area contributed by atoms with Crippen molar-refractivity contribution in [3.05, 3.63) is 52.6 Å². The van der Waals surface area contributed by atoms with E-state index in [1.165, 1.54) is 0 Å². The number of carbonyl (C=O) groups is 3. The van der Waals surface area contributed by atoms with Gasteiger partial charge in [0.25, 0.3) is 5.91 Å². The van der Waals surface area contributed by atoms with Gasteiger partial charge >= 0.3 is 6.03 Å². The summed E-state index contributed by atoms with van der Waals surface area (Å²) in [6.07, 6.45) is 0.550. The predicted octanol–water partition coefficient (Wildman–Crippen LogP) is 3.60. The number of urea groups is 1. The number of hydrogen-bond donors (Lipinski definition) is 2. The van der Waals surface area contributed by atoms with E-state index in [-0.39, 0.29) is 31.1 Å². The zero-order valence-corrected chi connectivity index (χ0v) is 18.1. The van der Waals surface area contributed by atoms with Crippen molar-refractivity contribution in [3.63, 3.8) is 0 Å². The Morgan fingerprint density at radius 2 is 1.91 bits per heavy atom. The summed E-state index contributed by atoms with van der Waals surface area (Å²) < 4.78 is 27.1. The molecule has 1 saturated heterocycles. The second-order valence-electron chi connectivity index (χ2n) is 8.96. The fourth-order valence-corrected chi connectivity index (χ4v) is 5.01. The van der Waals surface area contributed by atoms with Crippen molar-refractivity contribution < 1.29 is 28.3 Å². The van der Waals surface area contributed by atoms with Gasteiger partial charge in [0.1, 0.15) is 5.54 Å². The van der Waals surface area contributed by atoms with E-state index < -0.39 is 42.8 Å². The lowest BCUT2D eigenvalue weighted by molar-refractivity contribution is -0.137. The van der Waals surface area contributed by atoms with Gasteiger partial charge in [-0.15, -0.1) is 0 Å². The van der Waals surface area contributed by atoms with Gasteiger partial charge in [0.05, 0.1) is 13.2 Å². The first kappa shape index (κ1) is 22.3. The number of nitrogens with one attached hydrogen (secondary N) is 1. The molecule has 32 heavy (non-hydrogen) atoms. The van der Waals surface area contributed by atoms with E-state index in [0.29, 0.717) is 5.57 Å². The molecule has 8 heteroatoms. The Kier molecular flexibility index (Phi) is 5.53. The van der Waals surface area contributed by atoms with Crippen LogP contribution in [0, 0.1) is 5.92 Å². The molecule has 6 nitrogen and oxygen atoms in total. The minimum atomic E-state index is -2.84. The van der Waals surface area contributed by atoms with Crippen LogP contribution in [0.2, 0.25) is 0 Å². The molecule has 0 radical (unpaired) electrons. The number of ketones is 1. The first-order valence-corrected chi connectivity index (χ1v) is 10.7. The first-order valence-electron chi connectivity index (χ1n) is 10.7. The third-order valence-corrected chi connectivity index (χ3v) is 6.82. The fraction of sp³-hybridized carbons (Fsp3) is 0.458. The highest BCUT2D eigenvalue weighted by molar-refractivity contribution is 6.12. The number of allylic oxidation sites excluding steroid dienone is 3. The maximum atomic E-state index is 13.6. The second-order valence-corrected chi connectivity index (χ2v) is 8.96. The maximum absolute atomic E-state index is 13.6. The molecule has 0 aromatic heterocycles. The quantitative estimate of drug-likeness (QED) is 0.680. The number of aliphatic hydroxyl groups is 1. The number of aliphatic hydroxyl groups excluding tert-OH is 1. The van der Waals surface area contributed by atoms with Gasteiger partial charge in [0.2, 0.25) is 5.92 Å². The van der Waals surface area contributed by atoms with Gasteiger partial charge in [-0.2, -0.15) is 0 Å². The summed E-state index contributed by atoms with van der Waals surface area (Å²) in [4.78, 5) is 39.4. The van der Waals surface area contributed by atoms with E-state index in [0.717, 1.165) is 27.2 Å². The monoisotopic (exact) mass is 444 g/mol. The highest BCUT2D eigenvalue weighted by atomic mass is 19.3. The summed E-state index contributed by atoms with van der Waals surface area (Å²) in [5.74, 6) is -4.04. The normalized spacial score (nSPS) is 24.2. The average Bonchev–Trinajstić information content (AvgIpc) is 3.18. The van der Waals surface area contributed by atoms with Gasteiger partial charge in [-0.1, -0.05) is 31.2 Å². The van der Waals surface area contributed by atoms with Gasteiger partial charge in [0.15, 0.2) is 5.78 Å². The summed E-state index contributed by atoms with van der Waals surface area (Å²) in [6, 6.07) is 6.73. The minimum absolute atomic E-state index is 0.0897. The van der Waals surface area contributed by atoms with Crippen LogP contribution in [-0.2, 0) is 16.2 Å². The molecule has 1 aromatic carbocycles. The van der Waals surface area contributed by atoms with Crippen LogP contribution in [0.3, 0.4) is 0 Å². The van der Waals surface area contributed by atoms with Crippen molar-refractivity contribution in [3.8, 4) is 0 Å².